The fourth-order valence-corrected chi connectivity index (χ4v) is 4.14. The Hall–Kier alpha value is -3.74. The van der Waals surface area contributed by atoms with Gasteiger partial charge in [-0.05, 0) is 36.4 Å². The van der Waals surface area contributed by atoms with Crippen LogP contribution in [0.1, 0.15) is 0 Å². The number of benzene rings is 3. The van der Waals surface area contributed by atoms with Gasteiger partial charge in [-0.3, -0.25) is 0 Å². The number of piperazine rings is 1. The molecule has 0 radical (unpaired) electrons. The Morgan fingerprint density at radius 2 is 1.53 bits per heavy atom. The zero-order chi connectivity index (χ0) is 22.1. The van der Waals surface area contributed by atoms with Crippen LogP contribution < -0.4 is 14.5 Å². The normalized spacial score (nSPS) is 14.1. The van der Waals surface area contributed by atoms with Crippen molar-refractivity contribution in [2.24, 2.45) is 0 Å². The maximum atomic E-state index is 14.5. The second kappa shape index (κ2) is 8.42. The summed E-state index contributed by atoms with van der Waals surface area (Å²) >= 11 is 0. The summed E-state index contributed by atoms with van der Waals surface area (Å²) in [6, 6.07) is 19.2. The summed E-state index contributed by atoms with van der Waals surface area (Å²) in [7, 11) is 1.68. The zero-order valence-corrected chi connectivity index (χ0v) is 17.6. The van der Waals surface area contributed by atoms with E-state index in [1.165, 1.54) is 12.1 Å². The Labute approximate surface area is 184 Å². The third-order valence-corrected chi connectivity index (χ3v) is 5.76. The highest BCUT2D eigenvalue weighted by molar-refractivity contribution is 5.91. The number of rotatable bonds is 4. The number of methoxy groups -OCH3 is 1. The molecular weight excluding hydrogens is 410 g/mol. The molecule has 32 heavy (non-hydrogen) atoms. The first kappa shape index (κ1) is 20.2. The van der Waals surface area contributed by atoms with Gasteiger partial charge >= 0.3 is 0 Å². The predicted octanol–water partition coefficient (Wildman–Crippen LogP) is 4.91. The molecule has 3 aromatic carbocycles. The van der Waals surface area contributed by atoms with E-state index in [-0.39, 0.29) is 11.4 Å². The van der Waals surface area contributed by atoms with Crippen LogP contribution in [0.25, 0.3) is 22.3 Å². The van der Waals surface area contributed by atoms with Gasteiger partial charge in [0.1, 0.15) is 23.2 Å². The Kier molecular flexibility index (Phi) is 5.31. The summed E-state index contributed by atoms with van der Waals surface area (Å²) in [6.45, 7) is 3.06. The lowest BCUT2D eigenvalue weighted by atomic mass is 10.1. The number of hydrogen-bond donors (Lipinski definition) is 0. The van der Waals surface area contributed by atoms with E-state index >= 15 is 0 Å². The fourth-order valence-electron chi connectivity index (χ4n) is 4.14. The molecule has 2 heterocycles. The number of nitrogens with zero attached hydrogens (tertiary/aromatic N) is 4. The minimum absolute atomic E-state index is 0.186. The molecule has 1 aliphatic heterocycles. The van der Waals surface area contributed by atoms with Gasteiger partial charge in [0.2, 0.25) is 0 Å². The van der Waals surface area contributed by atoms with Gasteiger partial charge in [0.15, 0.2) is 5.82 Å². The lowest BCUT2D eigenvalue weighted by Crippen LogP contribution is -2.47. The summed E-state index contributed by atoms with van der Waals surface area (Å²) in [6.07, 6.45) is 0. The number of para-hydroxylation sites is 3. The zero-order valence-electron chi connectivity index (χ0n) is 17.6. The summed E-state index contributed by atoms with van der Waals surface area (Å²) in [4.78, 5) is 13.8. The quantitative estimate of drug-likeness (QED) is 0.458. The molecule has 0 aliphatic carbocycles. The first-order chi connectivity index (χ1) is 15.6. The summed E-state index contributed by atoms with van der Waals surface area (Å²) < 4.78 is 33.4. The monoisotopic (exact) mass is 432 g/mol. The molecule has 0 saturated carbocycles. The molecule has 5 rings (SSSR count). The number of hydrogen-bond acceptors (Lipinski definition) is 5. The van der Waals surface area contributed by atoms with Gasteiger partial charge in [-0.25, -0.2) is 18.7 Å². The summed E-state index contributed by atoms with van der Waals surface area (Å²) in [5.41, 5.74) is 1.98. The van der Waals surface area contributed by atoms with Gasteiger partial charge in [-0.15, -0.1) is 0 Å². The highest BCUT2D eigenvalue weighted by Gasteiger charge is 2.23. The molecule has 0 unspecified atom stereocenters. The topological polar surface area (TPSA) is 41.5 Å². The minimum Gasteiger partial charge on any atom is -0.495 e. The minimum atomic E-state index is -0.674. The molecule has 4 aromatic rings. The van der Waals surface area contributed by atoms with Gasteiger partial charge in [0.05, 0.1) is 23.9 Å². The van der Waals surface area contributed by atoms with Gasteiger partial charge in [-0.1, -0.05) is 24.3 Å². The van der Waals surface area contributed by atoms with Crippen LogP contribution in [0.5, 0.6) is 5.75 Å². The van der Waals surface area contributed by atoms with Crippen LogP contribution in [-0.4, -0.2) is 43.3 Å². The van der Waals surface area contributed by atoms with Crippen LogP contribution in [0, 0.1) is 11.6 Å². The molecule has 1 aromatic heterocycles. The van der Waals surface area contributed by atoms with Crippen molar-refractivity contribution in [2.75, 3.05) is 43.1 Å². The van der Waals surface area contributed by atoms with E-state index in [0.29, 0.717) is 0 Å². The van der Waals surface area contributed by atoms with E-state index in [2.05, 4.69) is 20.9 Å². The van der Waals surface area contributed by atoms with Crippen LogP contribution in [0.3, 0.4) is 0 Å². The smallest absolute Gasteiger partial charge is 0.165 e. The number of halogens is 2. The van der Waals surface area contributed by atoms with E-state index in [1.54, 1.807) is 7.11 Å². The SMILES string of the molecule is COc1ccccc1N1CCN(c2nc(-c3ccc(F)cc3F)nc3ccccc23)CC1. The van der Waals surface area contributed by atoms with Gasteiger partial charge in [0.25, 0.3) is 0 Å². The van der Waals surface area contributed by atoms with Crippen molar-refractivity contribution >= 4 is 22.4 Å². The lowest BCUT2D eigenvalue weighted by molar-refractivity contribution is 0.413. The van der Waals surface area contributed by atoms with Crippen LogP contribution >= 0.6 is 0 Å². The lowest BCUT2D eigenvalue weighted by Gasteiger charge is -2.37. The van der Waals surface area contributed by atoms with E-state index in [9.17, 15) is 8.78 Å². The Balaban J connectivity index is 1.49. The number of anilines is 2. The van der Waals surface area contributed by atoms with Crippen molar-refractivity contribution in [3.05, 3.63) is 78.4 Å². The van der Waals surface area contributed by atoms with Crippen molar-refractivity contribution in [1.82, 2.24) is 9.97 Å². The standard InChI is InChI=1S/C25H22F2N4O/c1-32-23-9-5-4-8-22(23)30-12-14-31(15-13-30)25-19-6-2-3-7-21(19)28-24(29-25)18-11-10-17(26)16-20(18)27/h2-11,16H,12-15H2,1H3. The van der Waals surface area contributed by atoms with Crippen molar-refractivity contribution in [3.63, 3.8) is 0 Å². The van der Waals surface area contributed by atoms with E-state index in [1.807, 2.05) is 42.5 Å². The molecule has 0 N–H and O–H groups in total. The van der Waals surface area contributed by atoms with Crippen molar-refractivity contribution < 1.29 is 13.5 Å². The predicted molar refractivity (Wildman–Crippen MR) is 122 cm³/mol. The Morgan fingerprint density at radius 1 is 0.812 bits per heavy atom. The van der Waals surface area contributed by atoms with Gasteiger partial charge in [0, 0.05) is 37.6 Å². The number of ether oxygens (including phenoxy) is 1. The number of aromatic nitrogens is 2. The highest BCUT2D eigenvalue weighted by atomic mass is 19.1. The van der Waals surface area contributed by atoms with Crippen LogP contribution in [0.15, 0.2) is 66.7 Å². The van der Waals surface area contributed by atoms with Crippen molar-refractivity contribution in [2.45, 2.75) is 0 Å². The largest absolute Gasteiger partial charge is 0.495 e. The van der Waals surface area contributed by atoms with Gasteiger partial charge in [-0.2, -0.15) is 0 Å². The summed E-state index contributed by atoms with van der Waals surface area (Å²) in [5.74, 6) is 0.562. The molecule has 7 heteroatoms. The van der Waals surface area contributed by atoms with Crippen molar-refractivity contribution in [1.29, 1.82) is 0 Å². The molecule has 1 saturated heterocycles. The van der Waals surface area contributed by atoms with Crippen LogP contribution in [0.4, 0.5) is 20.3 Å². The van der Waals surface area contributed by atoms with E-state index < -0.39 is 11.6 Å². The second-order valence-electron chi connectivity index (χ2n) is 7.66. The van der Waals surface area contributed by atoms with Crippen molar-refractivity contribution in [3.8, 4) is 17.1 Å². The molecule has 0 amide bonds. The highest BCUT2D eigenvalue weighted by Crippen LogP contribution is 2.32. The molecule has 5 nitrogen and oxygen atoms in total. The van der Waals surface area contributed by atoms with Crippen LogP contribution in [-0.2, 0) is 0 Å². The first-order valence-corrected chi connectivity index (χ1v) is 10.5. The van der Waals surface area contributed by atoms with Crippen LogP contribution in [0.2, 0.25) is 0 Å². The molecule has 0 atom stereocenters. The van der Waals surface area contributed by atoms with Gasteiger partial charge < -0.3 is 14.5 Å². The van der Waals surface area contributed by atoms with E-state index in [4.69, 9.17) is 9.72 Å². The molecule has 162 valence electrons. The third-order valence-electron chi connectivity index (χ3n) is 5.76. The molecule has 1 fully saturated rings. The summed E-state index contributed by atoms with van der Waals surface area (Å²) in [5, 5.41) is 0.907. The number of fused-ring (bicyclic) bond motifs is 1. The molecular formula is C25H22F2N4O. The average Bonchev–Trinajstić information content (AvgIpc) is 2.83. The molecule has 0 spiro atoms. The maximum absolute atomic E-state index is 14.5. The maximum Gasteiger partial charge on any atom is 0.165 e. The second-order valence-corrected chi connectivity index (χ2v) is 7.66. The Bertz CT molecular complexity index is 1270. The first-order valence-electron chi connectivity index (χ1n) is 10.5. The fraction of sp³-hybridized carbons (Fsp3) is 0.200. The Morgan fingerprint density at radius 3 is 2.31 bits per heavy atom. The van der Waals surface area contributed by atoms with E-state index in [0.717, 1.165) is 60.4 Å². The third kappa shape index (κ3) is 3.70. The average molecular weight is 432 g/mol. The molecule has 0 bridgehead atoms. The molecule has 1 aliphatic rings.